The average Bonchev–Trinajstić information content (AvgIpc) is 2.69. The van der Waals surface area contributed by atoms with Crippen LogP contribution in [0.2, 0.25) is 0 Å². The van der Waals surface area contributed by atoms with Crippen LogP contribution in [-0.4, -0.2) is 50.4 Å². The van der Waals surface area contributed by atoms with Crippen LogP contribution in [0.1, 0.15) is 11.1 Å². The van der Waals surface area contributed by atoms with Gasteiger partial charge in [-0.3, -0.25) is 4.79 Å². The Morgan fingerprint density at radius 2 is 1.50 bits per heavy atom. The molecule has 0 saturated heterocycles. The number of methoxy groups -OCH3 is 2. The van der Waals surface area contributed by atoms with Gasteiger partial charge in [-0.25, -0.2) is 0 Å². The van der Waals surface area contributed by atoms with E-state index in [0.29, 0.717) is 19.5 Å². The van der Waals surface area contributed by atoms with Gasteiger partial charge in [-0.05, 0) is 24.0 Å². The molecule has 140 valence electrons. The Hall–Kier alpha value is -2.21. The molecule has 0 aromatic heterocycles. The Balaban J connectivity index is 2.03. The van der Waals surface area contributed by atoms with Crippen molar-refractivity contribution >= 4 is 5.91 Å². The largest absolute Gasteiger partial charge is 0.354 e. The quantitative estimate of drug-likeness (QED) is 0.663. The summed E-state index contributed by atoms with van der Waals surface area (Å²) in [6.07, 6.45) is 0.787. The van der Waals surface area contributed by atoms with Crippen LogP contribution < -0.4 is 5.73 Å². The molecule has 0 bridgehead atoms. The third kappa shape index (κ3) is 6.26. The highest BCUT2D eigenvalue weighted by Crippen LogP contribution is 2.08. The molecule has 0 saturated carbocycles. The van der Waals surface area contributed by atoms with Gasteiger partial charge >= 0.3 is 0 Å². The lowest BCUT2D eigenvalue weighted by molar-refractivity contribution is -0.146. The molecule has 0 radical (unpaired) electrons. The summed E-state index contributed by atoms with van der Waals surface area (Å²) in [6, 6.07) is 19.3. The van der Waals surface area contributed by atoms with Crippen molar-refractivity contribution in [2.75, 3.05) is 27.3 Å². The molecule has 0 spiro atoms. The Bertz CT molecular complexity index is 645. The molecule has 0 aliphatic carbocycles. The van der Waals surface area contributed by atoms with Crippen LogP contribution in [0.3, 0.4) is 0 Å². The van der Waals surface area contributed by atoms with Crippen LogP contribution in [0.4, 0.5) is 0 Å². The summed E-state index contributed by atoms with van der Waals surface area (Å²) in [5, 5.41) is 0. The van der Waals surface area contributed by atoms with Crippen molar-refractivity contribution in [2.24, 2.45) is 5.73 Å². The number of carbonyl (C=O) groups is 1. The van der Waals surface area contributed by atoms with E-state index >= 15 is 0 Å². The highest BCUT2D eigenvalue weighted by molar-refractivity contribution is 5.82. The van der Waals surface area contributed by atoms with Crippen LogP contribution >= 0.6 is 0 Å². The summed E-state index contributed by atoms with van der Waals surface area (Å²) in [6.45, 7) is 0.912. The van der Waals surface area contributed by atoms with Crippen molar-refractivity contribution in [1.29, 1.82) is 0 Å². The van der Waals surface area contributed by atoms with E-state index in [-0.39, 0.29) is 5.91 Å². The molecule has 5 nitrogen and oxygen atoms in total. The maximum atomic E-state index is 12.9. The number of hydrogen-bond donors (Lipinski definition) is 1. The van der Waals surface area contributed by atoms with Crippen molar-refractivity contribution in [3.8, 4) is 0 Å². The van der Waals surface area contributed by atoms with Crippen LogP contribution in [0.25, 0.3) is 0 Å². The first-order valence-corrected chi connectivity index (χ1v) is 8.82. The van der Waals surface area contributed by atoms with Gasteiger partial charge in [0.1, 0.15) is 0 Å². The second-order valence-corrected chi connectivity index (χ2v) is 6.22. The zero-order valence-corrected chi connectivity index (χ0v) is 15.5. The van der Waals surface area contributed by atoms with E-state index in [1.807, 2.05) is 48.5 Å². The van der Waals surface area contributed by atoms with E-state index in [2.05, 4.69) is 12.1 Å². The number of ether oxygens (including phenoxy) is 2. The molecule has 26 heavy (non-hydrogen) atoms. The van der Waals surface area contributed by atoms with Gasteiger partial charge in [0.15, 0.2) is 6.29 Å². The van der Waals surface area contributed by atoms with Crippen molar-refractivity contribution < 1.29 is 14.3 Å². The molecule has 5 heteroatoms. The third-order valence-corrected chi connectivity index (χ3v) is 4.34. The molecule has 2 N–H and O–H groups in total. The van der Waals surface area contributed by atoms with E-state index in [9.17, 15) is 4.79 Å². The molecule has 2 aromatic carbocycles. The predicted octanol–water partition coefficient (Wildman–Crippen LogP) is 2.25. The third-order valence-electron chi connectivity index (χ3n) is 4.34. The van der Waals surface area contributed by atoms with Crippen LogP contribution in [0, 0.1) is 0 Å². The summed E-state index contributed by atoms with van der Waals surface area (Å²) in [4.78, 5) is 14.7. The van der Waals surface area contributed by atoms with Gasteiger partial charge in [0, 0.05) is 20.8 Å². The zero-order valence-electron chi connectivity index (χ0n) is 15.5. The van der Waals surface area contributed by atoms with E-state index in [1.54, 1.807) is 19.1 Å². The lowest BCUT2D eigenvalue weighted by atomic mass is 10.1. The predicted molar refractivity (Wildman–Crippen MR) is 103 cm³/mol. The van der Waals surface area contributed by atoms with Crippen molar-refractivity contribution in [3.05, 3.63) is 71.8 Å². The van der Waals surface area contributed by atoms with Gasteiger partial charge in [0.25, 0.3) is 0 Å². The summed E-state index contributed by atoms with van der Waals surface area (Å²) in [5.41, 5.74) is 8.43. The summed E-state index contributed by atoms with van der Waals surface area (Å²) in [7, 11) is 3.13. The van der Waals surface area contributed by atoms with Crippen molar-refractivity contribution in [2.45, 2.75) is 25.2 Å². The number of rotatable bonds is 10. The van der Waals surface area contributed by atoms with E-state index in [4.69, 9.17) is 15.2 Å². The second kappa shape index (κ2) is 10.7. The van der Waals surface area contributed by atoms with Gasteiger partial charge in [0.2, 0.25) is 5.91 Å². The molecule has 0 heterocycles. The molecular weight excluding hydrogens is 328 g/mol. The van der Waals surface area contributed by atoms with E-state index in [1.165, 1.54) is 5.56 Å². The maximum Gasteiger partial charge on any atom is 0.240 e. The lowest BCUT2D eigenvalue weighted by Crippen LogP contribution is -2.48. The van der Waals surface area contributed by atoms with Gasteiger partial charge in [0.05, 0.1) is 12.6 Å². The van der Waals surface area contributed by atoms with Crippen molar-refractivity contribution in [1.82, 2.24) is 4.90 Å². The SMILES string of the molecule is COC(CN(CCc1ccccc1)C(=O)[C@@H](N)Cc1ccccc1)OC. The summed E-state index contributed by atoms with van der Waals surface area (Å²) < 4.78 is 10.5. The lowest BCUT2D eigenvalue weighted by Gasteiger charge is -2.28. The summed E-state index contributed by atoms with van der Waals surface area (Å²) in [5.74, 6) is -0.0936. The Kier molecular flexibility index (Phi) is 8.28. The van der Waals surface area contributed by atoms with Gasteiger partial charge in [-0.15, -0.1) is 0 Å². The minimum Gasteiger partial charge on any atom is -0.354 e. The van der Waals surface area contributed by atoms with E-state index < -0.39 is 12.3 Å². The standard InChI is InChI=1S/C21H28N2O3/c1-25-20(26-2)16-23(14-13-17-9-5-3-6-10-17)21(24)19(22)15-18-11-7-4-8-12-18/h3-12,19-20H,13-16,22H2,1-2H3/t19-/m0/s1. The molecule has 2 aromatic rings. The molecule has 0 aliphatic rings. The maximum absolute atomic E-state index is 12.9. The molecular formula is C21H28N2O3. The fourth-order valence-electron chi connectivity index (χ4n) is 2.82. The average molecular weight is 356 g/mol. The highest BCUT2D eigenvalue weighted by Gasteiger charge is 2.24. The first-order valence-electron chi connectivity index (χ1n) is 8.82. The first kappa shape index (κ1) is 20.1. The molecule has 0 aliphatic heterocycles. The molecule has 0 fully saturated rings. The molecule has 1 atom stereocenters. The second-order valence-electron chi connectivity index (χ2n) is 6.22. The highest BCUT2D eigenvalue weighted by atomic mass is 16.7. The fourth-order valence-corrected chi connectivity index (χ4v) is 2.82. The van der Waals surface area contributed by atoms with Crippen molar-refractivity contribution in [3.63, 3.8) is 0 Å². The number of carbonyl (C=O) groups excluding carboxylic acids is 1. The normalized spacial score (nSPS) is 12.2. The van der Waals surface area contributed by atoms with Gasteiger partial charge in [-0.1, -0.05) is 60.7 Å². The van der Waals surface area contributed by atoms with E-state index in [0.717, 1.165) is 12.0 Å². The minimum absolute atomic E-state index is 0.0936. The van der Waals surface area contributed by atoms with Crippen LogP contribution in [0.15, 0.2) is 60.7 Å². The molecule has 2 rings (SSSR count). The Morgan fingerprint density at radius 3 is 2.04 bits per heavy atom. The number of nitrogens with two attached hydrogens (primary N) is 1. The summed E-state index contributed by atoms with van der Waals surface area (Å²) >= 11 is 0. The molecule has 1 amide bonds. The van der Waals surface area contributed by atoms with Gasteiger partial charge in [-0.2, -0.15) is 0 Å². The number of benzene rings is 2. The monoisotopic (exact) mass is 356 g/mol. The number of nitrogens with zero attached hydrogens (tertiary/aromatic N) is 1. The smallest absolute Gasteiger partial charge is 0.240 e. The topological polar surface area (TPSA) is 64.8 Å². The number of hydrogen-bond acceptors (Lipinski definition) is 4. The fraction of sp³-hybridized carbons (Fsp3) is 0.381. The first-order chi connectivity index (χ1) is 12.6. The Morgan fingerprint density at radius 1 is 0.962 bits per heavy atom. The van der Waals surface area contributed by atoms with Crippen LogP contribution in [-0.2, 0) is 27.1 Å². The zero-order chi connectivity index (χ0) is 18.8. The van der Waals surface area contributed by atoms with Crippen LogP contribution in [0.5, 0.6) is 0 Å². The molecule has 0 unspecified atom stereocenters. The minimum atomic E-state index is -0.595. The number of amides is 1. The Labute approximate surface area is 155 Å². The van der Waals surface area contributed by atoms with Gasteiger partial charge < -0.3 is 20.1 Å².